The molecule has 0 aromatic heterocycles. The van der Waals surface area contributed by atoms with Crippen LogP contribution in [0, 0.1) is 5.41 Å². The molecular weight excluding hydrogens is 379 g/mol. The van der Waals surface area contributed by atoms with Gasteiger partial charge in [-0.05, 0) is 24.3 Å². The normalized spacial score (nSPS) is 29.9. The van der Waals surface area contributed by atoms with Crippen molar-refractivity contribution in [3.63, 3.8) is 0 Å². The quantitative estimate of drug-likeness (QED) is 0.750. The maximum Gasteiger partial charge on any atom is 0.474 e. The van der Waals surface area contributed by atoms with Gasteiger partial charge in [0.15, 0.2) is 0 Å². The summed E-state index contributed by atoms with van der Waals surface area (Å²) in [6.07, 6.45) is 0. The number of carbonyl (C=O) groups is 2. The Hall–Kier alpha value is -1.25. The van der Waals surface area contributed by atoms with Crippen molar-refractivity contribution in [1.82, 2.24) is 5.32 Å². The van der Waals surface area contributed by atoms with Crippen molar-refractivity contribution in [2.45, 2.75) is 0 Å². The average molecular weight is 391 g/mol. The van der Waals surface area contributed by atoms with E-state index in [1.165, 1.54) is 0 Å². The van der Waals surface area contributed by atoms with Crippen molar-refractivity contribution in [3.05, 3.63) is 28.7 Å². The summed E-state index contributed by atoms with van der Waals surface area (Å²) < 4.78 is 27.2. The third-order valence-corrected chi connectivity index (χ3v) is 5.17. The van der Waals surface area contributed by atoms with Gasteiger partial charge in [0.25, 0.3) is 0 Å². The molecule has 0 unspecified atom stereocenters. The number of imide groups is 1. The first-order valence-corrected chi connectivity index (χ1v) is 8.58. The number of amides is 3. The van der Waals surface area contributed by atoms with E-state index in [0.29, 0.717) is 5.69 Å². The van der Waals surface area contributed by atoms with Gasteiger partial charge in [0.2, 0.25) is 5.91 Å². The summed E-state index contributed by atoms with van der Waals surface area (Å²) in [5.74, 6) is -0.604. The Morgan fingerprint density at radius 3 is 2.18 bits per heavy atom. The molecule has 22 heavy (non-hydrogen) atoms. The minimum atomic E-state index is -3.49. The molecule has 2 N–H and O–H groups in total. The Kier molecular flexibility index (Phi) is 4.09. The largest absolute Gasteiger partial charge is 0.474 e. The number of halogens is 1. The van der Waals surface area contributed by atoms with Gasteiger partial charge in [-0.15, -0.1) is 0 Å². The standard InChI is InChI=1S/C12H12BrN2O6P/c13-8-1-3-9(4-2-8)14-11(17)15-10(16)12-5-19-22(18,20-6-12)21-7-12/h1-4H,5-7H2,(H2,14,15,16,17). The molecule has 10 heteroatoms. The zero-order chi connectivity index (χ0) is 15.8. The number of phosphoric ester groups is 1. The monoisotopic (exact) mass is 390 g/mol. The summed E-state index contributed by atoms with van der Waals surface area (Å²) in [7, 11) is -3.49. The first-order valence-electron chi connectivity index (χ1n) is 6.33. The lowest BCUT2D eigenvalue weighted by atomic mass is 9.90. The highest BCUT2D eigenvalue weighted by Gasteiger charge is 2.55. The molecule has 1 aromatic carbocycles. The lowest BCUT2D eigenvalue weighted by molar-refractivity contribution is -0.151. The van der Waals surface area contributed by atoms with E-state index in [4.69, 9.17) is 13.6 Å². The van der Waals surface area contributed by atoms with E-state index < -0.39 is 25.2 Å². The molecule has 3 aliphatic rings. The van der Waals surface area contributed by atoms with Crippen LogP contribution in [0.1, 0.15) is 0 Å². The van der Waals surface area contributed by atoms with Crippen molar-refractivity contribution < 1.29 is 27.7 Å². The number of hydrogen-bond acceptors (Lipinski definition) is 6. The Balaban J connectivity index is 1.61. The predicted octanol–water partition coefficient (Wildman–Crippen LogP) is 2.27. The maximum absolute atomic E-state index is 12.2. The molecule has 3 amide bonds. The molecule has 0 atom stereocenters. The molecule has 3 heterocycles. The van der Waals surface area contributed by atoms with E-state index in [0.717, 1.165) is 4.47 Å². The number of rotatable bonds is 2. The summed E-state index contributed by atoms with van der Waals surface area (Å²) in [5, 5.41) is 4.74. The molecule has 0 aliphatic carbocycles. The van der Waals surface area contributed by atoms with Crippen LogP contribution >= 0.6 is 23.8 Å². The summed E-state index contributed by atoms with van der Waals surface area (Å²) in [6, 6.07) is 6.19. The second kappa shape index (κ2) is 5.75. The zero-order valence-electron chi connectivity index (χ0n) is 11.2. The molecule has 3 aliphatic heterocycles. The first-order chi connectivity index (χ1) is 10.4. The SMILES string of the molecule is O=C(NC(=O)C12COP(=O)(OC1)OC2)Nc1ccc(Br)cc1. The van der Waals surface area contributed by atoms with Crippen molar-refractivity contribution in [1.29, 1.82) is 0 Å². The van der Waals surface area contributed by atoms with Crippen LogP contribution in [0.3, 0.4) is 0 Å². The third kappa shape index (κ3) is 3.09. The molecule has 0 spiro atoms. The van der Waals surface area contributed by atoms with E-state index in [-0.39, 0.29) is 19.8 Å². The second-order valence-corrected chi connectivity index (χ2v) is 7.55. The number of carbonyl (C=O) groups excluding carboxylic acids is 2. The van der Waals surface area contributed by atoms with Crippen molar-refractivity contribution >= 4 is 41.4 Å². The third-order valence-electron chi connectivity index (χ3n) is 3.31. The van der Waals surface area contributed by atoms with Gasteiger partial charge >= 0.3 is 13.9 Å². The smallest absolute Gasteiger partial charge is 0.308 e. The molecule has 118 valence electrons. The fourth-order valence-electron chi connectivity index (χ4n) is 1.97. The molecule has 2 bridgehead atoms. The van der Waals surface area contributed by atoms with E-state index in [1.807, 2.05) is 0 Å². The van der Waals surface area contributed by atoms with Gasteiger partial charge in [0.05, 0.1) is 19.8 Å². The minimum absolute atomic E-state index is 0.109. The molecule has 0 saturated carbocycles. The van der Waals surface area contributed by atoms with Gasteiger partial charge in [-0.25, -0.2) is 9.36 Å². The Labute approximate surface area is 134 Å². The van der Waals surface area contributed by atoms with E-state index in [2.05, 4.69) is 26.6 Å². The van der Waals surface area contributed by atoms with E-state index in [1.54, 1.807) is 24.3 Å². The molecule has 4 rings (SSSR count). The zero-order valence-corrected chi connectivity index (χ0v) is 13.7. The second-order valence-electron chi connectivity index (χ2n) is 4.96. The van der Waals surface area contributed by atoms with E-state index >= 15 is 0 Å². The van der Waals surface area contributed by atoms with Crippen molar-refractivity contribution in [2.24, 2.45) is 5.41 Å². The van der Waals surface area contributed by atoms with Crippen molar-refractivity contribution in [2.75, 3.05) is 25.1 Å². The van der Waals surface area contributed by atoms with Gasteiger partial charge in [0.1, 0.15) is 5.41 Å². The molecule has 1 aromatic rings. The lowest BCUT2D eigenvalue weighted by Gasteiger charge is -2.42. The molecule has 8 nitrogen and oxygen atoms in total. The molecule has 0 radical (unpaired) electrons. The highest BCUT2D eigenvalue weighted by molar-refractivity contribution is 9.10. The molecular formula is C12H12BrN2O6P. The number of fused-ring (bicyclic) bond motifs is 3. The van der Waals surface area contributed by atoms with Crippen molar-refractivity contribution in [3.8, 4) is 0 Å². The maximum atomic E-state index is 12.2. The fraction of sp³-hybridized carbons (Fsp3) is 0.333. The highest BCUT2D eigenvalue weighted by Crippen LogP contribution is 2.59. The van der Waals surface area contributed by atoms with Gasteiger partial charge in [-0.1, -0.05) is 15.9 Å². The van der Waals surface area contributed by atoms with Gasteiger partial charge in [0, 0.05) is 10.2 Å². The average Bonchev–Trinajstić information content (AvgIpc) is 2.50. The Bertz CT molecular complexity index is 633. The molecule has 3 saturated heterocycles. The number of hydrogen-bond donors (Lipinski definition) is 2. The lowest BCUT2D eigenvalue weighted by Crippen LogP contribution is -2.56. The summed E-state index contributed by atoms with van der Waals surface area (Å²) in [5.41, 5.74) is -0.630. The van der Waals surface area contributed by atoms with Crippen LogP contribution in [-0.2, 0) is 22.9 Å². The van der Waals surface area contributed by atoms with Crippen LogP contribution in [-0.4, -0.2) is 31.8 Å². The summed E-state index contributed by atoms with van der Waals surface area (Å²) in [6.45, 7) is -0.328. The molecule has 3 fully saturated rings. The fourth-order valence-corrected chi connectivity index (χ4v) is 3.68. The highest BCUT2D eigenvalue weighted by atomic mass is 79.9. The first kappa shape index (κ1) is 15.6. The topological polar surface area (TPSA) is 103 Å². The van der Waals surface area contributed by atoms with Crippen LogP contribution in [0.4, 0.5) is 10.5 Å². The number of urea groups is 1. The predicted molar refractivity (Wildman–Crippen MR) is 79.2 cm³/mol. The number of benzene rings is 1. The number of anilines is 1. The Morgan fingerprint density at radius 2 is 1.64 bits per heavy atom. The van der Waals surface area contributed by atoms with Crippen LogP contribution in [0.15, 0.2) is 28.7 Å². The van der Waals surface area contributed by atoms with Crippen LogP contribution < -0.4 is 10.6 Å². The van der Waals surface area contributed by atoms with Gasteiger partial charge in [-0.3, -0.25) is 23.7 Å². The summed E-state index contributed by atoms with van der Waals surface area (Å²) in [4.78, 5) is 24.1. The Morgan fingerprint density at radius 1 is 1.09 bits per heavy atom. The minimum Gasteiger partial charge on any atom is -0.308 e. The van der Waals surface area contributed by atoms with Crippen LogP contribution in [0.5, 0.6) is 0 Å². The van der Waals surface area contributed by atoms with Gasteiger partial charge in [-0.2, -0.15) is 0 Å². The number of phosphoric acid groups is 1. The van der Waals surface area contributed by atoms with Crippen LogP contribution in [0.2, 0.25) is 0 Å². The number of nitrogens with one attached hydrogen (secondary N) is 2. The summed E-state index contributed by atoms with van der Waals surface area (Å²) >= 11 is 3.28. The van der Waals surface area contributed by atoms with Crippen LogP contribution in [0.25, 0.3) is 0 Å². The van der Waals surface area contributed by atoms with E-state index in [9.17, 15) is 14.2 Å². The van der Waals surface area contributed by atoms with Gasteiger partial charge < -0.3 is 5.32 Å².